The van der Waals surface area contributed by atoms with Gasteiger partial charge in [-0.1, -0.05) is 26.7 Å². The molecule has 2 rings (SSSR count). The Morgan fingerprint density at radius 1 is 1.33 bits per heavy atom. The first-order valence-corrected chi connectivity index (χ1v) is 7.74. The lowest BCUT2D eigenvalue weighted by atomic mass is 9.90. The molecule has 0 aromatic rings. The first-order chi connectivity index (χ1) is 8.74. The fourth-order valence-corrected chi connectivity index (χ4v) is 3.82. The molecule has 18 heavy (non-hydrogen) atoms. The van der Waals surface area contributed by atoms with Crippen molar-refractivity contribution < 1.29 is 4.74 Å². The predicted octanol–water partition coefficient (Wildman–Crippen LogP) is 2.41. The second kappa shape index (κ2) is 6.36. The van der Waals surface area contributed by atoms with Crippen molar-refractivity contribution in [3.8, 4) is 0 Å². The summed E-state index contributed by atoms with van der Waals surface area (Å²) in [6.45, 7) is 7.87. The lowest BCUT2D eigenvalue weighted by molar-refractivity contribution is 0.00612. The summed E-state index contributed by atoms with van der Waals surface area (Å²) in [5, 5.41) is 3.86. The molecule has 0 amide bonds. The minimum atomic E-state index is 0.423. The lowest BCUT2D eigenvalue weighted by Gasteiger charge is -2.49. The fraction of sp³-hybridized carbons (Fsp3) is 1.00. The summed E-state index contributed by atoms with van der Waals surface area (Å²) in [6, 6.07) is 1.29. The maximum absolute atomic E-state index is 5.43. The predicted molar refractivity (Wildman–Crippen MR) is 75.9 cm³/mol. The Balaban J connectivity index is 2.06. The van der Waals surface area contributed by atoms with Crippen LogP contribution in [0.1, 0.15) is 52.4 Å². The zero-order chi connectivity index (χ0) is 13.0. The molecular weight excluding hydrogens is 224 g/mol. The summed E-state index contributed by atoms with van der Waals surface area (Å²) in [5.74, 6) is 0. The highest BCUT2D eigenvalue weighted by molar-refractivity contribution is 5.02. The second-order valence-electron chi connectivity index (χ2n) is 6.12. The van der Waals surface area contributed by atoms with Crippen molar-refractivity contribution >= 4 is 0 Å². The quantitative estimate of drug-likeness (QED) is 0.815. The van der Waals surface area contributed by atoms with Gasteiger partial charge in [-0.15, -0.1) is 0 Å². The largest absolute Gasteiger partial charge is 0.383 e. The van der Waals surface area contributed by atoms with Crippen LogP contribution in [0.15, 0.2) is 0 Å². The summed E-state index contributed by atoms with van der Waals surface area (Å²) in [6.07, 6.45) is 7.97. The van der Waals surface area contributed by atoms with Gasteiger partial charge in [0.25, 0.3) is 0 Å². The van der Waals surface area contributed by atoms with E-state index in [4.69, 9.17) is 4.74 Å². The molecule has 0 aromatic carbocycles. The van der Waals surface area contributed by atoms with Gasteiger partial charge in [0.05, 0.1) is 6.61 Å². The van der Waals surface area contributed by atoms with Gasteiger partial charge in [-0.3, -0.25) is 4.90 Å². The molecule has 0 aromatic heterocycles. The lowest BCUT2D eigenvalue weighted by Crippen LogP contribution is -2.65. The number of nitrogens with zero attached hydrogens (tertiary/aromatic N) is 1. The van der Waals surface area contributed by atoms with Crippen LogP contribution in [0.3, 0.4) is 0 Å². The van der Waals surface area contributed by atoms with Gasteiger partial charge in [-0.2, -0.15) is 0 Å². The number of nitrogens with one attached hydrogen (secondary N) is 1. The number of ether oxygens (including phenoxy) is 1. The van der Waals surface area contributed by atoms with E-state index in [9.17, 15) is 0 Å². The van der Waals surface area contributed by atoms with Crippen LogP contribution in [0.2, 0.25) is 0 Å². The van der Waals surface area contributed by atoms with Gasteiger partial charge in [-0.05, 0) is 25.7 Å². The van der Waals surface area contributed by atoms with Crippen LogP contribution < -0.4 is 5.32 Å². The van der Waals surface area contributed by atoms with Gasteiger partial charge >= 0.3 is 0 Å². The molecule has 0 radical (unpaired) electrons. The molecule has 2 atom stereocenters. The third kappa shape index (κ3) is 2.89. The van der Waals surface area contributed by atoms with E-state index in [1.54, 1.807) is 0 Å². The average molecular weight is 254 g/mol. The van der Waals surface area contributed by atoms with Gasteiger partial charge in [-0.25, -0.2) is 0 Å². The van der Waals surface area contributed by atoms with Crippen LogP contribution in [0.5, 0.6) is 0 Å². The van der Waals surface area contributed by atoms with Crippen LogP contribution in [-0.4, -0.2) is 49.3 Å². The minimum Gasteiger partial charge on any atom is -0.383 e. The van der Waals surface area contributed by atoms with Crippen molar-refractivity contribution in [1.82, 2.24) is 10.2 Å². The molecule has 1 spiro atoms. The van der Waals surface area contributed by atoms with Gasteiger partial charge in [0.1, 0.15) is 0 Å². The zero-order valence-corrected chi connectivity index (χ0v) is 12.4. The molecule has 1 N–H and O–H groups in total. The van der Waals surface area contributed by atoms with Crippen LogP contribution in [0.4, 0.5) is 0 Å². The Hall–Kier alpha value is -0.120. The van der Waals surface area contributed by atoms with E-state index in [1.165, 1.54) is 45.1 Å². The van der Waals surface area contributed by atoms with E-state index in [0.29, 0.717) is 17.6 Å². The van der Waals surface area contributed by atoms with Crippen LogP contribution >= 0.6 is 0 Å². The molecule has 2 aliphatic rings. The van der Waals surface area contributed by atoms with Crippen molar-refractivity contribution in [2.75, 3.05) is 26.8 Å². The maximum atomic E-state index is 5.43. The SMILES string of the molecule is CCC1CNC2(CCCC2)CN1C(CC)COC. The molecule has 1 aliphatic carbocycles. The molecule has 0 bridgehead atoms. The Morgan fingerprint density at radius 2 is 2.06 bits per heavy atom. The van der Waals surface area contributed by atoms with Gasteiger partial charge in [0.15, 0.2) is 0 Å². The first-order valence-electron chi connectivity index (χ1n) is 7.74. The number of rotatable bonds is 5. The van der Waals surface area contributed by atoms with E-state index in [-0.39, 0.29) is 0 Å². The van der Waals surface area contributed by atoms with Crippen molar-refractivity contribution in [3.05, 3.63) is 0 Å². The summed E-state index contributed by atoms with van der Waals surface area (Å²) >= 11 is 0. The molecule has 1 aliphatic heterocycles. The van der Waals surface area contributed by atoms with Crippen LogP contribution in [-0.2, 0) is 4.74 Å². The van der Waals surface area contributed by atoms with E-state index in [0.717, 1.165) is 13.2 Å². The van der Waals surface area contributed by atoms with Crippen LogP contribution in [0.25, 0.3) is 0 Å². The normalized spacial score (nSPS) is 29.8. The summed E-state index contributed by atoms with van der Waals surface area (Å²) in [4.78, 5) is 2.74. The van der Waals surface area contributed by atoms with E-state index in [1.807, 2.05) is 7.11 Å². The monoisotopic (exact) mass is 254 g/mol. The molecule has 1 saturated heterocycles. The van der Waals surface area contributed by atoms with Gasteiger partial charge < -0.3 is 10.1 Å². The van der Waals surface area contributed by atoms with Crippen molar-refractivity contribution in [1.29, 1.82) is 0 Å². The molecule has 1 saturated carbocycles. The highest BCUT2D eigenvalue weighted by Gasteiger charge is 2.42. The maximum Gasteiger partial charge on any atom is 0.0618 e. The Labute approximate surface area is 112 Å². The summed E-state index contributed by atoms with van der Waals surface area (Å²) in [5.41, 5.74) is 0.423. The molecule has 2 unspecified atom stereocenters. The van der Waals surface area contributed by atoms with E-state index >= 15 is 0 Å². The third-order valence-electron chi connectivity index (χ3n) is 5.00. The molecule has 3 nitrogen and oxygen atoms in total. The molecular formula is C15H30N2O. The molecule has 1 heterocycles. The Morgan fingerprint density at radius 3 is 2.61 bits per heavy atom. The number of piperazine rings is 1. The summed E-state index contributed by atoms with van der Waals surface area (Å²) in [7, 11) is 1.83. The standard InChI is InChI=1S/C15H30N2O/c1-4-13-10-16-15(8-6-7-9-15)12-17(13)14(5-2)11-18-3/h13-14,16H,4-12H2,1-3H3. The highest BCUT2D eigenvalue weighted by atomic mass is 16.5. The second-order valence-corrected chi connectivity index (χ2v) is 6.12. The number of methoxy groups -OCH3 is 1. The first kappa shape index (κ1) is 14.3. The van der Waals surface area contributed by atoms with Crippen molar-refractivity contribution in [2.45, 2.75) is 70.0 Å². The Bertz CT molecular complexity index is 251. The molecule has 106 valence electrons. The smallest absolute Gasteiger partial charge is 0.0618 e. The minimum absolute atomic E-state index is 0.423. The highest BCUT2D eigenvalue weighted by Crippen LogP contribution is 2.34. The zero-order valence-electron chi connectivity index (χ0n) is 12.4. The fourth-order valence-electron chi connectivity index (χ4n) is 3.82. The topological polar surface area (TPSA) is 24.5 Å². The van der Waals surface area contributed by atoms with E-state index < -0.39 is 0 Å². The summed E-state index contributed by atoms with van der Waals surface area (Å²) < 4.78 is 5.43. The van der Waals surface area contributed by atoms with Crippen LogP contribution in [0, 0.1) is 0 Å². The molecule has 2 fully saturated rings. The van der Waals surface area contributed by atoms with Crippen molar-refractivity contribution in [3.63, 3.8) is 0 Å². The molecule has 3 heteroatoms. The average Bonchev–Trinajstić information content (AvgIpc) is 2.84. The third-order valence-corrected chi connectivity index (χ3v) is 5.00. The Kier molecular flexibility index (Phi) is 5.05. The number of hydrogen-bond acceptors (Lipinski definition) is 3. The van der Waals surface area contributed by atoms with Crippen molar-refractivity contribution in [2.24, 2.45) is 0 Å². The van der Waals surface area contributed by atoms with Gasteiger partial charge in [0, 0.05) is 37.8 Å². The number of hydrogen-bond donors (Lipinski definition) is 1. The van der Waals surface area contributed by atoms with Gasteiger partial charge in [0.2, 0.25) is 0 Å². The van der Waals surface area contributed by atoms with E-state index in [2.05, 4.69) is 24.1 Å².